The number of aryl methyl sites for hydroxylation is 2. The molecule has 4 nitrogen and oxygen atoms in total. The highest BCUT2D eigenvalue weighted by Gasteiger charge is 2.12. The van der Waals surface area contributed by atoms with Crippen LogP contribution in [0.5, 0.6) is 0 Å². The van der Waals surface area contributed by atoms with Gasteiger partial charge in [0.05, 0.1) is 11.7 Å². The average molecular weight is 262 g/mol. The Morgan fingerprint density at radius 1 is 1.44 bits per heavy atom. The minimum absolute atomic E-state index is 0.117. The van der Waals surface area contributed by atoms with E-state index < -0.39 is 0 Å². The summed E-state index contributed by atoms with van der Waals surface area (Å²) in [5, 5.41) is 4.38. The summed E-state index contributed by atoms with van der Waals surface area (Å²) in [6, 6.07) is 3.90. The minimum atomic E-state index is 0.117. The lowest BCUT2D eigenvalue weighted by molar-refractivity contribution is 0.859. The number of nitrogens with zero attached hydrogens (tertiary/aromatic N) is 2. The Kier molecular flexibility index (Phi) is 3.81. The van der Waals surface area contributed by atoms with E-state index in [0.717, 1.165) is 22.9 Å². The molecule has 1 atom stereocenters. The molecule has 0 aliphatic rings. The molecule has 96 valence electrons. The van der Waals surface area contributed by atoms with Gasteiger partial charge in [0.2, 0.25) is 0 Å². The lowest BCUT2D eigenvalue weighted by Crippen LogP contribution is -2.10. The Hall–Kier alpha value is -1.62. The number of nitrogens with two attached hydrogens (primary N) is 1. The Bertz CT molecular complexity index is 536. The van der Waals surface area contributed by atoms with Crippen LogP contribution in [0.3, 0.4) is 0 Å². The topological polar surface area (TPSA) is 63.8 Å². The van der Waals surface area contributed by atoms with Crippen molar-refractivity contribution in [2.45, 2.75) is 33.2 Å². The van der Waals surface area contributed by atoms with Crippen LogP contribution in [0.15, 0.2) is 18.3 Å². The maximum atomic E-state index is 5.91. The predicted molar refractivity (Wildman–Crippen MR) is 76.9 cm³/mol. The molecule has 2 rings (SSSR count). The molecule has 0 spiro atoms. The minimum Gasteiger partial charge on any atom is -0.396 e. The summed E-state index contributed by atoms with van der Waals surface area (Å²) in [4.78, 5) is 10.1. The molecule has 0 aromatic carbocycles. The molecule has 0 radical (unpaired) electrons. The van der Waals surface area contributed by atoms with Gasteiger partial charge in [-0.1, -0.05) is 6.92 Å². The molecule has 1 unspecified atom stereocenters. The summed E-state index contributed by atoms with van der Waals surface area (Å²) in [6.45, 7) is 6.16. The van der Waals surface area contributed by atoms with E-state index in [9.17, 15) is 0 Å². The molecule has 0 bridgehead atoms. The van der Waals surface area contributed by atoms with Crippen LogP contribution < -0.4 is 11.1 Å². The van der Waals surface area contributed by atoms with Gasteiger partial charge in [0, 0.05) is 16.8 Å². The zero-order chi connectivity index (χ0) is 13.1. The Labute approximate surface area is 111 Å². The van der Waals surface area contributed by atoms with Crippen LogP contribution in [-0.4, -0.2) is 9.97 Å². The van der Waals surface area contributed by atoms with Gasteiger partial charge in [-0.25, -0.2) is 9.97 Å². The van der Waals surface area contributed by atoms with Crippen LogP contribution in [0.1, 0.15) is 35.5 Å². The third-order valence-electron chi connectivity index (χ3n) is 2.71. The Morgan fingerprint density at radius 2 is 2.22 bits per heavy atom. The van der Waals surface area contributed by atoms with Gasteiger partial charge >= 0.3 is 0 Å². The molecule has 0 aliphatic heterocycles. The maximum absolute atomic E-state index is 5.91. The number of anilines is 2. The van der Waals surface area contributed by atoms with Crippen LogP contribution in [-0.2, 0) is 6.42 Å². The van der Waals surface area contributed by atoms with E-state index in [1.807, 2.05) is 25.3 Å². The van der Waals surface area contributed by atoms with Crippen molar-refractivity contribution >= 4 is 22.8 Å². The Balaban J connectivity index is 2.15. The number of nitrogen functional groups attached to an aromatic ring is 1. The number of hydrogen-bond acceptors (Lipinski definition) is 5. The summed E-state index contributed by atoms with van der Waals surface area (Å²) in [7, 11) is 0. The molecule has 0 saturated carbocycles. The van der Waals surface area contributed by atoms with E-state index in [0.29, 0.717) is 5.69 Å². The van der Waals surface area contributed by atoms with Crippen LogP contribution in [0.4, 0.5) is 11.5 Å². The lowest BCUT2D eigenvalue weighted by Gasteiger charge is -2.14. The van der Waals surface area contributed by atoms with Gasteiger partial charge in [-0.15, -0.1) is 11.3 Å². The third-order valence-corrected chi connectivity index (χ3v) is 4.03. The summed E-state index contributed by atoms with van der Waals surface area (Å²) in [5.74, 6) is 0.732. The van der Waals surface area contributed by atoms with Gasteiger partial charge in [-0.05, 0) is 32.4 Å². The number of pyridine rings is 1. The molecule has 5 heteroatoms. The first kappa shape index (κ1) is 12.8. The first-order valence-corrected chi connectivity index (χ1v) is 6.86. The molecule has 0 amide bonds. The van der Waals surface area contributed by atoms with Crippen molar-refractivity contribution in [3.05, 3.63) is 33.9 Å². The summed E-state index contributed by atoms with van der Waals surface area (Å²) < 4.78 is 0. The molecular weight excluding hydrogens is 244 g/mol. The molecular formula is C13H18N4S. The first-order chi connectivity index (χ1) is 8.60. The van der Waals surface area contributed by atoms with Gasteiger partial charge in [-0.3, -0.25) is 0 Å². The van der Waals surface area contributed by atoms with Crippen LogP contribution in [0, 0.1) is 6.92 Å². The maximum Gasteiger partial charge on any atom is 0.150 e. The van der Waals surface area contributed by atoms with Gasteiger partial charge < -0.3 is 11.1 Å². The molecule has 2 aromatic heterocycles. The fourth-order valence-electron chi connectivity index (χ4n) is 1.64. The highest BCUT2D eigenvalue weighted by molar-refractivity contribution is 7.11. The van der Waals surface area contributed by atoms with Crippen LogP contribution in [0.2, 0.25) is 0 Å². The molecule has 2 aromatic rings. The number of nitrogens with one attached hydrogen (secondary N) is 1. The second-order valence-corrected chi connectivity index (χ2v) is 5.42. The Morgan fingerprint density at radius 3 is 2.89 bits per heavy atom. The van der Waals surface area contributed by atoms with E-state index in [-0.39, 0.29) is 6.04 Å². The normalized spacial score (nSPS) is 12.4. The van der Waals surface area contributed by atoms with Crippen molar-refractivity contribution in [2.24, 2.45) is 0 Å². The van der Waals surface area contributed by atoms with E-state index in [1.54, 1.807) is 11.3 Å². The van der Waals surface area contributed by atoms with Crippen molar-refractivity contribution in [1.29, 1.82) is 0 Å². The molecule has 3 N–H and O–H groups in total. The summed E-state index contributed by atoms with van der Waals surface area (Å²) >= 11 is 1.73. The highest BCUT2D eigenvalue weighted by Crippen LogP contribution is 2.25. The monoisotopic (exact) mass is 262 g/mol. The fraction of sp³-hybridized carbons (Fsp3) is 0.385. The van der Waals surface area contributed by atoms with E-state index in [1.165, 1.54) is 4.88 Å². The van der Waals surface area contributed by atoms with Gasteiger partial charge in [0.15, 0.2) is 0 Å². The van der Waals surface area contributed by atoms with E-state index in [4.69, 9.17) is 5.73 Å². The number of rotatable bonds is 4. The summed E-state index contributed by atoms with van der Waals surface area (Å²) in [5.41, 5.74) is 7.52. The van der Waals surface area contributed by atoms with E-state index in [2.05, 4.69) is 29.1 Å². The van der Waals surface area contributed by atoms with Gasteiger partial charge in [0.25, 0.3) is 0 Å². The SMILES string of the molecule is CCc1cnc(C(C)Nc2nc(C)ccc2N)s1. The molecule has 0 saturated heterocycles. The van der Waals surface area contributed by atoms with Crippen LogP contribution >= 0.6 is 11.3 Å². The number of thiazole rings is 1. The van der Waals surface area contributed by atoms with E-state index >= 15 is 0 Å². The summed E-state index contributed by atoms with van der Waals surface area (Å²) in [6.07, 6.45) is 2.96. The van der Waals surface area contributed by atoms with Gasteiger partial charge in [0.1, 0.15) is 10.8 Å². The largest absolute Gasteiger partial charge is 0.396 e. The van der Waals surface area contributed by atoms with Gasteiger partial charge in [-0.2, -0.15) is 0 Å². The number of aromatic nitrogens is 2. The average Bonchev–Trinajstić information content (AvgIpc) is 2.82. The smallest absolute Gasteiger partial charge is 0.150 e. The standard InChI is InChI=1S/C13H18N4S/c1-4-10-7-15-13(18-10)9(3)17-12-11(14)6-5-8(2)16-12/h5-7,9H,4,14H2,1-3H3,(H,16,17). The van der Waals surface area contributed by atoms with Crippen molar-refractivity contribution < 1.29 is 0 Å². The molecule has 0 aliphatic carbocycles. The zero-order valence-electron chi connectivity index (χ0n) is 10.9. The highest BCUT2D eigenvalue weighted by atomic mass is 32.1. The first-order valence-electron chi connectivity index (χ1n) is 6.04. The van der Waals surface area contributed by atoms with Crippen molar-refractivity contribution in [1.82, 2.24) is 9.97 Å². The second-order valence-electron chi connectivity index (χ2n) is 4.27. The van der Waals surface area contributed by atoms with Crippen molar-refractivity contribution in [2.75, 3.05) is 11.1 Å². The molecule has 18 heavy (non-hydrogen) atoms. The molecule has 2 heterocycles. The fourth-order valence-corrected chi connectivity index (χ4v) is 2.50. The quantitative estimate of drug-likeness (QED) is 0.888. The van der Waals surface area contributed by atoms with Crippen molar-refractivity contribution in [3.8, 4) is 0 Å². The second kappa shape index (κ2) is 5.35. The lowest BCUT2D eigenvalue weighted by atomic mass is 10.3. The third kappa shape index (κ3) is 2.79. The van der Waals surface area contributed by atoms with Crippen LogP contribution in [0.25, 0.3) is 0 Å². The molecule has 0 fully saturated rings. The zero-order valence-corrected chi connectivity index (χ0v) is 11.7. The van der Waals surface area contributed by atoms with Crippen molar-refractivity contribution in [3.63, 3.8) is 0 Å². The number of hydrogen-bond donors (Lipinski definition) is 2. The predicted octanol–water partition coefficient (Wildman–Crippen LogP) is 3.16.